The van der Waals surface area contributed by atoms with Crippen LogP contribution in [0.5, 0.6) is 0 Å². The van der Waals surface area contributed by atoms with Crippen LogP contribution in [0.15, 0.2) is 29.2 Å². The fraction of sp³-hybridized carbons (Fsp3) is 0.538. The van der Waals surface area contributed by atoms with E-state index in [-0.39, 0.29) is 0 Å². The largest absolute Gasteiger partial charge is 0.243 e. The van der Waals surface area contributed by atoms with E-state index in [0.717, 1.165) is 5.56 Å². The van der Waals surface area contributed by atoms with Gasteiger partial charge in [-0.15, -0.1) is 11.6 Å². The van der Waals surface area contributed by atoms with Crippen molar-refractivity contribution in [1.82, 2.24) is 4.31 Å². The van der Waals surface area contributed by atoms with Gasteiger partial charge in [0.25, 0.3) is 0 Å². The second kappa shape index (κ2) is 6.04. The first kappa shape index (κ1) is 15.2. The van der Waals surface area contributed by atoms with E-state index >= 15 is 0 Å². The second-order valence-electron chi connectivity index (χ2n) is 4.86. The van der Waals surface area contributed by atoms with Crippen molar-refractivity contribution >= 4 is 33.4 Å². The summed E-state index contributed by atoms with van der Waals surface area (Å²) in [5.41, 5.74) is 0.829. The number of benzene rings is 1. The monoisotopic (exact) mass is 319 g/mol. The third-order valence-electron chi connectivity index (χ3n) is 3.08. The molecule has 19 heavy (non-hydrogen) atoms. The molecule has 0 aromatic heterocycles. The van der Waals surface area contributed by atoms with E-state index in [4.69, 9.17) is 11.6 Å². The SMILES string of the molecule is CC1CN(S(=O)(=O)c2cccc(CCl)c2)CC(C)S1. The third kappa shape index (κ3) is 3.45. The van der Waals surface area contributed by atoms with Gasteiger partial charge in [-0.3, -0.25) is 0 Å². The summed E-state index contributed by atoms with van der Waals surface area (Å²) in [6.45, 7) is 5.28. The minimum atomic E-state index is -3.40. The molecule has 2 unspecified atom stereocenters. The Morgan fingerprint density at radius 2 is 1.95 bits per heavy atom. The van der Waals surface area contributed by atoms with E-state index in [2.05, 4.69) is 13.8 Å². The van der Waals surface area contributed by atoms with Gasteiger partial charge in [-0.05, 0) is 17.7 Å². The number of nitrogens with zero attached hydrogens (tertiary/aromatic N) is 1. The molecule has 0 bridgehead atoms. The van der Waals surface area contributed by atoms with Crippen molar-refractivity contribution in [1.29, 1.82) is 0 Å². The molecule has 0 radical (unpaired) electrons. The summed E-state index contributed by atoms with van der Waals surface area (Å²) in [7, 11) is -3.40. The van der Waals surface area contributed by atoms with Gasteiger partial charge in [0.2, 0.25) is 10.0 Å². The summed E-state index contributed by atoms with van der Waals surface area (Å²) in [6, 6.07) is 6.89. The average Bonchev–Trinajstić information content (AvgIpc) is 2.37. The number of rotatable bonds is 3. The number of halogens is 1. The maximum atomic E-state index is 12.6. The standard InChI is InChI=1S/C13H18ClNO2S2/c1-10-8-15(9-11(2)18-10)19(16,17)13-5-3-4-12(6-13)7-14/h3-6,10-11H,7-9H2,1-2H3. The zero-order chi connectivity index (χ0) is 14.0. The first-order chi connectivity index (χ1) is 8.93. The van der Waals surface area contributed by atoms with Crippen LogP contribution in [0, 0.1) is 0 Å². The number of alkyl halides is 1. The molecular formula is C13H18ClNO2S2. The zero-order valence-corrected chi connectivity index (χ0v) is 13.4. The lowest BCUT2D eigenvalue weighted by Crippen LogP contribution is -2.43. The third-order valence-corrected chi connectivity index (χ3v) is 6.44. The molecule has 1 fully saturated rings. The molecule has 0 aliphatic carbocycles. The van der Waals surface area contributed by atoms with Crippen molar-refractivity contribution in [3.63, 3.8) is 0 Å². The Morgan fingerprint density at radius 3 is 2.53 bits per heavy atom. The molecule has 2 atom stereocenters. The molecule has 1 saturated heterocycles. The van der Waals surface area contributed by atoms with Crippen LogP contribution in [-0.4, -0.2) is 36.3 Å². The molecule has 3 nitrogen and oxygen atoms in total. The van der Waals surface area contributed by atoms with Crippen LogP contribution >= 0.6 is 23.4 Å². The summed E-state index contributed by atoms with van der Waals surface area (Å²) in [5.74, 6) is 0.325. The highest BCUT2D eigenvalue weighted by atomic mass is 35.5. The van der Waals surface area contributed by atoms with Gasteiger partial charge in [0, 0.05) is 29.5 Å². The number of hydrogen-bond acceptors (Lipinski definition) is 3. The molecule has 0 spiro atoms. The van der Waals surface area contributed by atoms with Crippen LogP contribution in [0.2, 0.25) is 0 Å². The Hall–Kier alpha value is -0.230. The van der Waals surface area contributed by atoms with Crippen molar-refractivity contribution in [2.45, 2.75) is 35.1 Å². The van der Waals surface area contributed by atoms with Crippen molar-refractivity contribution in [2.24, 2.45) is 0 Å². The van der Waals surface area contributed by atoms with E-state index in [0.29, 0.717) is 34.4 Å². The predicted molar refractivity (Wildman–Crippen MR) is 81.3 cm³/mol. The molecule has 1 aromatic rings. The summed E-state index contributed by atoms with van der Waals surface area (Å²) in [4.78, 5) is 0.344. The summed E-state index contributed by atoms with van der Waals surface area (Å²) in [6.07, 6.45) is 0. The van der Waals surface area contributed by atoms with Crippen molar-refractivity contribution in [3.8, 4) is 0 Å². The molecule has 1 aliphatic heterocycles. The Balaban J connectivity index is 2.30. The van der Waals surface area contributed by atoms with Crippen LogP contribution in [-0.2, 0) is 15.9 Å². The van der Waals surface area contributed by atoms with Crippen molar-refractivity contribution in [2.75, 3.05) is 13.1 Å². The molecule has 2 rings (SSSR count). The lowest BCUT2D eigenvalue weighted by Gasteiger charge is -2.33. The summed E-state index contributed by atoms with van der Waals surface area (Å²) < 4.78 is 26.8. The van der Waals surface area contributed by atoms with E-state index in [1.54, 1.807) is 22.5 Å². The second-order valence-corrected chi connectivity index (χ2v) is 8.95. The molecule has 1 aliphatic rings. The minimum Gasteiger partial charge on any atom is -0.207 e. The maximum Gasteiger partial charge on any atom is 0.243 e. The van der Waals surface area contributed by atoms with Gasteiger partial charge in [0.15, 0.2) is 0 Å². The first-order valence-electron chi connectivity index (χ1n) is 6.24. The van der Waals surface area contributed by atoms with Gasteiger partial charge in [-0.25, -0.2) is 8.42 Å². The van der Waals surface area contributed by atoms with Gasteiger partial charge in [-0.2, -0.15) is 16.1 Å². The molecule has 6 heteroatoms. The van der Waals surface area contributed by atoms with Gasteiger partial charge < -0.3 is 0 Å². The normalized spacial score (nSPS) is 25.4. The van der Waals surface area contributed by atoms with E-state index in [1.807, 2.05) is 17.8 Å². The fourth-order valence-electron chi connectivity index (χ4n) is 2.27. The van der Waals surface area contributed by atoms with Gasteiger partial charge >= 0.3 is 0 Å². The molecule has 0 N–H and O–H groups in total. The van der Waals surface area contributed by atoms with E-state index in [9.17, 15) is 8.42 Å². The van der Waals surface area contributed by atoms with Gasteiger partial charge in [0.05, 0.1) is 4.90 Å². The maximum absolute atomic E-state index is 12.6. The van der Waals surface area contributed by atoms with Gasteiger partial charge in [-0.1, -0.05) is 26.0 Å². The molecular weight excluding hydrogens is 302 g/mol. The van der Waals surface area contributed by atoms with Crippen LogP contribution < -0.4 is 0 Å². The van der Waals surface area contributed by atoms with Crippen LogP contribution in [0.25, 0.3) is 0 Å². The lowest BCUT2D eigenvalue weighted by atomic mass is 10.2. The Bertz CT molecular complexity index is 537. The minimum absolute atomic E-state index is 0.325. The van der Waals surface area contributed by atoms with Crippen LogP contribution in [0.4, 0.5) is 0 Å². The number of hydrogen-bond donors (Lipinski definition) is 0. The molecule has 106 valence electrons. The fourth-order valence-corrected chi connectivity index (χ4v) is 5.63. The smallest absolute Gasteiger partial charge is 0.207 e. The average molecular weight is 320 g/mol. The highest BCUT2D eigenvalue weighted by molar-refractivity contribution is 8.00. The number of thioether (sulfide) groups is 1. The first-order valence-corrected chi connectivity index (χ1v) is 9.15. The highest BCUT2D eigenvalue weighted by Crippen LogP contribution is 2.29. The lowest BCUT2D eigenvalue weighted by molar-refractivity contribution is 0.405. The van der Waals surface area contributed by atoms with E-state index in [1.165, 1.54) is 0 Å². The van der Waals surface area contributed by atoms with Crippen molar-refractivity contribution in [3.05, 3.63) is 29.8 Å². The number of sulfonamides is 1. The van der Waals surface area contributed by atoms with E-state index < -0.39 is 10.0 Å². The molecule has 0 amide bonds. The van der Waals surface area contributed by atoms with Gasteiger partial charge in [0.1, 0.15) is 0 Å². The molecule has 0 saturated carbocycles. The summed E-state index contributed by atoms with van der Waals surface area (Å²) >= 11 is 7.61. The van der Waals surface area contributed by atoms with Crippen LogP contribution in [0.1, 0.15) is 19.4 Å². The topological polar surface area (TPSA) is 37.4 Å². The Kier molecular flexibility index (Phi) is 4.82. The quantitative estimate of drug-likeness (QED) is 0.804. The molecule has 1 aromatic carbocycles. The van der Waals surface area contributed by atoms with Crippen LogP contribution in [0.3, 0.4) is 0 Å². The zero-order valence-electron chi connectivity index (χ0n) is 11.0. The summed E-state index contributed by atoms with van der Waals surface area (Å²) in [5, 5.41) is 0.657. The Labute approximate surface area is 124 Å². The Morgan fingerprint density at radius 1 is 1.32 bits per heavy atom. The highest BCUT2D eigenvalue weighted by Gasteiger charge is 2.31. The molecule has 1 heterocycles. The van der Waals surface area contributed by atoms with Crippen molar-refractivity contribution < 1.29 is 8.42 Å². The predicted octanol–water partition coefficient (Wildman–Crippen LogP) is 2.94.